The van der Waals surface area contributed by atoms with Gasteiger partial charge in [-0.1, -0.05) is 13.8 Å². The largest absolute Gasteiger partial charge is 0.477 e. The summed E-state index contributed by atoms with van der Waals surface area (Å²) in [5.74, 6) is -0.407. The highest BCUT2D eigenvalue weighted by Crippen LogP contribution is 2.33. The zero-order chi connectivity index (χ0) is 14.3. The number of aromatic carboxylic acids is 1. The van der Waals surface area contributed by atoms with Crippen LogP contribution >= 0.6 is 11.3 Å². The molecule has 0 aliphatic carbocycles. The van der Waals surface area contributed by atoms with Crippen LogP contribution in [0.4, 0.5) is 0 Å². The topological polar surface area (TPSA) is 56.7 Å². The fraction of sp³-hybridized carbons (Fsp3) is 0.714. The molecule has 1 aromatic heterocycles. The van der Waals surface area contributed by atoms with Crippen molar-refractivity contribution in [2.45, 2.75) is 26.3 Å². The Balaban J connectivity index is 1.88. The summed E-state index contributed by atoms with van der Waals surface area (Å²) in [5, 5.41) is 10.4. The molecule has 3 fully saturated rings. The first-order chi connectivity index (χ1) is 9.54. The van der Waals surface area contributed by atoms with Crippen LogP contribution in [0.5, 0.6) is 0 Å². The quantitative estimate of drug-likeness (QED) is 0.916. The number of aromatic nitrogens is 1. The molecule has 0 radical (unpaired) electrons. The van der Waals surface area contributed by atoms with Gasteiger partial charge in [0.25, 0.3) is 0 Å². The minimum Gasteiger partial charge on any atom is -0.477 e. The number of rotatable bonds is 4. The average Bonchev–Trinajstić information content (AvgIpc) is 2.83. The molecular weight excluding hydrogens is 274 g/mol. The Hall–Kier alpha value is -0.980. The summed E-state index contributed by atoms with van der Waals surface area (Å²) >= 11 is 1.38. The van der Waals surface area contributed by atoms with Crippen molar-refractivity contribution in [2.75, 3.05) is 32.7 Å². The lowest BCUT2D eigenvalue weighted by Crippen LogP contribution is -2.56. The number of fused-ring (bicyclic) bond motifs is 3. The van der Waals surface area contributed by atoms with Crippen molar-refractivity contribution < 1.29 is 9.90 Å². The SMILES string of the molecule is CC(C)Cc1nc(C2CN3CCN2CC3)sc1C(=O)O. The molecule has 6 heteroatoms. The number of carbonyl (C=O) groups is 1. The summed E-state index contributed by atoms with van der Waals surface area (Å²) in [6.45, 7) is 9.61. The van der Waals surface area contributed by atoms with E-state index in [1.165, 1.54) is 11.3 Å². The van der Waals surface area contributed by atoms with Gasteiger partial charge in [0.05, 0.1) is 11.7 Å². The molecule has 1 N–H and O–H groups in total. The van der Waals surface area contributed by atoms with Crippen LogP contribution in [-0.4, -0.2) is 58.6 Å². The Labute approximate surface area is 123 Å². The third-order valence-corrected chi connectivity index (χ3v) is 5.26. The van der Waals surface area contributed by atoms with Crippen LogP contribution in [0.2, 0.25) is 0 Å². The van der Waals surface area contributed by atoms with E-state index in [0.717, 1.165) is 49.8 Å². The lowest BCUT2D eigenvalue weighted by molar-refractivity contribution is 0.0122. The van der Waals surface area contributed by atoms with Crippen LogP contribution in [0.15, 0.2) is 0 Å². The van der Waals surface area contributed by atoms with E-state index in [4.69, 9.17) is 0 Å². The Kier molecular flexibility index (Phi) is 3.79. The van der Waals surface area contributed by atoms with Crippen molar-refractivity contribution in [2.24, 2.45) is 5.92 Å². The normalized spacial score (nSPS) is 29.1. The summed E-state index contributed by atoms with van der Waals surface area (Å²) in [6.07, 6.45) is 0.745. The van der Waals surface area contributed by atoms with Gasteiger partial charge in [0.2, 0.25) is 0 Å². The molecule has 0 amide bonds. The number of piperazine rings is 3. The van der Waals surface area contributed by atoms with Crippen molar-refractivity contribution >= 4 is 17.3 Å². The van der Waals surface area contributed by atoms with E-state index in [9.17, 15) is 9.90 Å². The average molecular weight is 295 g/mol. The smallest absolute Gasteiger partial charge is 0.347 e. The number of hydrogen-bond donors (Lipinski definition) is 1. The number of thiazole rings is 1. The summed E-state index contributed by atoms with van der Waals surface area (Å²) in [6, 6.07) is 0.293. The zero-order valence-electron chi connectivity index (χ0n) is 12.0. The molecule has 1 unspecified atom stereocenters. The van der Waals surface area contributed by atoms with E-state index in [1.807, 2.05) is 0 Å². The van der Waals surface area contributed by atoms with Crippen molar-refractivity contribution in [3.05, 3.63) is 15.6 Å². The van der Waals surface area contributed by atoms with Crippen molar-refractivity contribution in [1.29, 1.82) is 0 Å². The molecule has 5 nitrogen and oxygen atoms in total. The summed E-state index contributed by atoms with van der Waals surface area (Å²) in [5.41, 5.74) is 0.769. The van der Waals surface area contributed by atoms with Gasteiger partial charge in [0.1, 0.15) is 9.88 Å². The molecule has 4 heterocycles. The van der Waals surface area contributed by atoms with Crippen molar-refractivity contribution in [3.8, 4) is 0 Å². The van der Waals surface area contributed by atoms with Crippen molar-refractivity contribution in [1.82, 2.24) is 14.8 Å². The van der Waals surface area contributed by atoms with Crippen LogP contribution < -0.4 is 0 Å². The number of hydrogen-bond acceptors (Lipinski definition) is 5. The minimum absolute atomic E-state index is 0.293. The second-order valence-electron chi connectivity index (χ2n) is 6.08. The molecule has 2 bridgehead atoms. The van der Waals surface area contributed by atoms with Crippen LogP contribution in [0.3, 0.4) is 0 Å². The summed E-state index contributed by atoms with van der Waals surface area (Å²) in [7, 11) is 0. The molecule has 0 spiro atoms. The highest BCUT2D eigenvalue weighted by atomic mass is 32.1. The van der Waals surface area contributed by atoms with Gasteiger partial charge in [-0.15, -0.1) is 11.3 Å². The fourth-order valence-corrected chi connectivity index (χ4v) is 4.12. The number of carboxylic acids is 1. The van der Waals surface area contributed by atoms with Crippen LogP contribution in [0.1, 0.15) is 40.3 Å². The number of nitrogens with zero attached hydrogens (tertiary/aromatic N) is 3. The maximum absolute atomic E-state index is 11.4. The van der Waals surface area contributed by atoms with E-state index >= 15 is 0 Å². The molecule has 1 atom stereocenters. The molecule has 1 aromatic rings. The lowest BCUT2D eigenvalue weighted by Gasteiger charge is -2.46. The van der Waals surface area contributed by atoms with Crippen LogP contribution in [0.25, 0.3) is 0 Å². The Morgan fingerprint density at radius 1 is 1.40 bits per heavy atom. The van der Waals surface area contributed by atoms with Gasteiger partial charge in [-0.25, -0.2) is 9.78 Å². The minimum atomic E-state index is -0.833. The first kappa shape index (κ1) is 14.0. The standard InChI is InChI=1S/C14H21N3O2S/c1-9(2)7-10-12(14(18)19)20-13(15-10)11-8-16-3-5-17(11)6-4-16/h9,11H,3-8H2,1-2H3,(H,18,19). The zero-order valence-corrected chi connectivity index (χ0v) is 12.8. The van der Waals surface area contributed by atoms with E-state index in [0.29, 0.717) is 16.8 Å². The first-order valence-corrected chi connectivity index (χ1v) is 8.05. The Bertz CT molecular complexity index is 507. The van der Waals surface area contributed by atoms with Crippen molar-refractivity contribution in [3.63, 3.8) is 0 Å². The van der Waals surface area contributed by atoms with E-state index < -0.39 is 5.97 Å². The molecule has 110 valence electrons. The Morgan fingerprint density at radius 2 is 2.10 bits per heavy atom. The van der Waals surface area contributed by atoms with Gasteiger partial charge < -0.3 is 5.11 Å². The van der Waals surface area contributed by atoms with Gasteiger partial charge in [-0.05, 0) is 12.3 Å². The number of carboxylic acid groups (broad SMARTS) is 1. The highest BCUT2D eigenvalue weighted by Gasteiger charge is 2.35. The van der Waals surface area contributed by atoms with E-state index in [1.54, 1.807) is 0 Å². The lowest BCUT2D eigenvalue weighted by atomic mass is 10.1. The van der Waals surface area contributed by atoms with Gasteiger partial charge >= 0.3 is 5.97 Å². The predicted octanol–water partition coefficient (Wildman–Crippen LogP) is 1.71. The monoisotopic (exact) mass is 295 g/mol. The maximum atomic E-state index is 11.4. The summed E-state index contributed by atoms with van der Waals surface area (Å²) in [4.78, 5) is 21.4. The van der Waals surface area contributed by atoms with E-state index in [-0.39, 0.29) is 0 Å². The third kappa shape index (κ3) is 2.60. The maximum Gasteiger partial charge on any atom is 0.347 e. The molecule has 3 aliphatic heterocycles. The molecular formula is C14H21N3O2S. The first-order valence-electron chi connectivity index (χ1n) is 7.24. The van der Waals surface area contributed by atoms with Crippen LogP contribution in [0, 0.1) is 5.92 Å². The van der Waals surface area contributed by atoms with Gasteiger partial charge in [0.15, 0.2) is 0 Å². The fourth-order valence-electron chi connectivity index (χ4n) is 3.06. The second-order valence-corrected chi connectivity index (χ2v) is 7.11. The molecule has 3 aliphatic rings. The highest BCUT2D eigenvalue weighted by molar-refractivity contribution is 7.13. The molecule has 4 rings (SSSR count). The molecule has 0 aromatic carbocycles. The molecule has 0 saturated carbocycles. The van der Waals surface area contributed by atoms with E-state index in [2.05, 4.69) is 28.6 Å². The predicted molar refractivity (Wildman–Crippen MR) is 78.4 cm³/mol. The second kappa shape index (κ2) is 5.42. The van der Waals surface area contributed by atoms with Gasteiger partial charge in [-0.2, -0.15) is 0 Å². The third-order valence-electron chi connectivity index (χ3n) is 4.07. The van der Waals surface area contributed by atoms with Gasteiger partial charge in [-0.3, -0.25) is 9.80 Å². The van der Waals surface area contributed by atoms with Gasteiger partial charge in [0, 0.05) is 32.7 Å². The Morgan fingerprint density at radius 3 is 2.60 bits per heavy atom. The summed E-state index contributed by atoms with van der Waals surface area (Å²) < 4.78 is 0. The van der Waals surface area contributed by atoms with Crippen LogP contribution in [-0.2, 0) is 6.42 Å². The molecule has 3 saturated heterocycles. The molecule has 20 heavy (non-hydrogen) atoms.